The number of hydrogen-bond acceptors (Lipinski definition) is 4. The third kappa shape index (κ3) is 2.70. The molecule has 0 saturated heterocycles. The number of halogens is 1. The van der Waals surface area contributed by atoms with Crippen LogP contribution in [0.25, 0.3) is 10.8 Å². The van der Waals surface area contributed by atoms with Gasteiger partial charge in [0.2, 0.25) is 0 Å². The number of ether oxygens (including phenoxy) is 2. The van der Waals surface area contributed by atoms with Crippen molar-refractivity contribution in [3.63, 3.8) is 0 Å². The van der Waals surface area contributed by atoms with Gasteiger partial charge in [0.15, 0.2) is 0 Å². The van der Waals surface area contributed by atoms with E-state index in [1.165, 1.54) is 0 Å². The third-order valence-corrected chi connectivity index (χ3v) is 3.48. The molecule has 2 rings (SSSR count). The normalized spacial score (nSPS) is 12.2. The van der Waals surface area contributed by atoms with Gasteiger partial charge in [0.05, 0.1) is 19.6 Å². The molecule has 0 amide bonds. The zero-order valence-corrected chi connectivity index (χ0v) is 12.4. The molecule has 20 heavy (non-hydrogen) atoms. The van der Waals surface area contributed by atoms with Crippen molar-refractivity contribution in [2.45, 2.75) is 19.8 Å². The first-order valence-corrected chi connectivity index (χ1v) is 6.75. The van der Waals surface area contributed by atoms with Gasteiger partial charge in [-0.05, 0) is 36.9 Å². The Morgan fingerprint density at radius 1 is 1.40 bits per heavy atom. The first kappa shape index (κ1) is 14.6. The molecule has 0 spiro atoms. The van der Waals surface area contributed by atoms with Crippen LogP contribution in [0.1, 0.15) is 25.3 Å². The summed E-state index contributed by atoms with van der Waals surface area (Å²) in [4.78, 5) is 16.0. The lowest BCUT2D eigenvalue weighted by molar-refractivity contribution is -0.144. The van der Waals surface area contributed by atoms with E-state index in [-0.39, 0.29) is 5.97 Å². The van der Waals surface area contributed by atoms with E-state index in [9.17, 15) is 4.79 Å². The highest BCUT2D eigenvalue weighted by molar-refractivity contribution is 6.34. The second-order valence-electron chi connectivity index (χ2n) is 4.39. The van der Waals surface area contributed by atoms with Crippen molar-refractivity contribution in [1.82, 2.24) is 4.98 Å². The minimum Gasteiger partial charge on any atom is -0.497 e. The molecule has 0 bridgehead atoms. The number of benzene rings is 1. The molecule has 1 atom stereocenters. The number of pyridine rings is 1. The second-order valence-corrected chi connectivity index (χ2v) is 4.75. The van der Waals surface area contributed by atoms with Crippen LogP contribution >= 0.6 is 11.6 Å². The maximum Gasteiger partial charge on any atom is 0.313 e. The van der Waals surface area contributed by atoms with E-state index < -0.39 is 5.92 Å². The van der Waals surface area contributed by atoms with Crippen molar-refractivity contribution in [2.75, 3.05) is 13.7 Å². The molecule has 106 valence electrons. The minimum atomic E-state index is -0.393. The number of hydrogen-bond donors (Lipinski definition) is 0. The predicted octanol–water partition coefficient (Wildman–Crippen LogP) is 3.56. The van der Waals surface area contributed by atoms with Gasteiger partial charge in [-0.25, -0.2) is 4.98 Å². The first-order chi connectivity index (χ1) is 9.58. The fraction of sp³-hybridized carbons (Fsp3) is 0.333. The summed E-state index contributed by atoms with van der Waals surface area (Å²) in [5, 5.41) is 2.03. The summed E-state index contributed by atoms with van der Waals surface area (Å²) in [6.07, 6.45) is 1.62. The molecule has 0 aliphatic heterocycles. The van der Waals surface area contributed by atoms with Crippen LogP contribution in [-0.4, -0.2) is 24.7 Å². The van der Waals surface area contributed by atoms with Crippen molar-refractivity contribution < 1.29 is 14.3 Å². The van der Waals surface area contributed by atoms with Crippen LogP contribution in [0.2, 0.25) is 5.15 Å². The molecule has 0 aliphatic rings. The molecular weight excluding hydrogens is 278 g/mol. The molecular formula is C15H16ClNO3. The highest BCUT2D eigenvalue weighted by Gasteiger charge is 2.20. The van der Waals surface area contributed by atoms with Crippen molar-refractivity contribution in [1.29, 1.82) is 0 Å². The van der Waals surface area contributed by atoms with E-state index in [0.29, 0.717) is 17.5 Å². The monoisotopic (exact) mass is 293 g/mol. The van der Waals surface area contributed by atoms with E-state index in [1.54, 1.807) is 27.2 Å². The lowest BCUT2D eigenvalue weighted by Gasteiger charge is -2.14. The Bertz CT molecular complexity index is 642. The highest BCUT2D eigenvalue weighted by atomic mass is 35.5. The largest absolute Gasteiger partial charge is 0.497 e. The molecule has 5 heteroatoms. The summed E-state index contributed by atoms with van der Waals surface area (Å²) in [7, 11) is 1.59. The van der Waals surface area contributed by atoms with Gasteiger partial charge >= 0.3 is 5.97 Å². The zero-order valence-electron chi connectivity index (χ0n) is 11.6. The maximum absolute atomic E-state index is 11.9. The third-order valence-electron chi connectivity index (χ3n) is 3.18. The number of rotatable bonds is 4. The summed E-state index contributed by atoms with van der Waals surface area (Å²) < 4.78 is 10.2. The standard InChI is InChI=1S/C15H16ClNO3/c1-4-20-15(18)9(2)13-8-17-14(16)12-7-10(19-3)5-6-11(12)13/h5-9H,4H2,1-3H3. The summed E-state index contributed by atoms with van der Waals surface area (Å²) in [6, 6.07) is 5.53. The van der Waals surface area contributed by atoms with Crippen molar-refractivity contribution >= 4 is 28.3 Å². The average Bonchev–Trinajstić information content (AvgIpc) is 2.47. The predicted molar refractivity (Wildman–Crippen MR) is 78.4 cm³/mol. The van der Waals surface area contributed by atoms with Gasteiger partial charge in [-0.2, -0.15) is 0 Å². The topological polar surface area (TPSA) is 48.4 Å². The van der Waals surface area contributed by atoms with E-state index in [1.807, 2.05) is 18.2 Å². The van der Waals surface area contributed by atoms with Crippen molar-refractivity contribution in [3.05, 3.63) is 35.1 Å². The minimum absolute atomic E-state index is 0.270. The van der Waals surface area contributed by atoms with E-state index in [2.05, 4.69) is 4.98 Å². The molecule has 0 aliphatic carbocycles. The van der Waals surface area contributed by atoms with Crippen LogP contribution in [-0.2, 0) is 9.53 Å². The molecule has 1 unspecified atom stereocenters. The molecule has 0 N–H and O–H groups in total. The van der Waals surface area contributed by atoms with Gasteiger partial charge in [0.1, 0.15) is 10.9 Å². The number of nitrogens with zero attached hydrogens (tertiary/aromatic N) is 1. The van der Waals surface area contributed by atoms with Crippen LogP contribution in [0.5, 0.6) is 5.75 Å². The number of esters is 1. The average molecular weight is 294 g/mol. The second kappa shape index (κ2) is 6.09. The molecule has 1 heterocycles. The van der Waals surface area contributed by atoms with E-state index in [0.717, 1.165) is 16.3 Å². The van der Waals surface area contributed by atoms with Gasteiger partial charge in [-0.15, -0.1) is 0 Å². The van der Waals surface area contributed by atoms with Gasteiger partial charge in [-0.3, -0.25) is 4.79 Å². The Hall–Kier alpha value is -1.81. The number of carbonyl (C=O) groups excluding carboxylic acids is 1. The molecule has 0 saturated carbocycles. The number of fused-ring (bicyclic) bond motifs is 1. The molecule has 2 aromatic rings. The molecule has 1 aromatic heterocycles. The Morgan fingerprint density at radius 2 is 2.15 bits per heavy atom. The Balaban J connectivity index is 2.55. The molecule has 1 aromatic carbocycles. The van der Waals surface area contributed by atoms with Crippen molar-refractivity contribution in [3.8, 4) is 5.75 Å². The number of carbonyl (C=O) groups is 1. The lowest BCUT2D eigenvalue weighted by Crippen LogP contribution is -2.13. The number of methoxy groups -OCH3 is 1. The van der Waals surface area contributed by atoms with Crippen LogP contribution in [0.4, 0.5) is 0 Å². The molecule has 0 fully saturated rings. The molecule has 0 radical (unpaired) electrons. The van der Waals surface area contributed by atoms with Gasteiger partial charge in [0, 0.05) is 11.6 Å². The van der Waals surface area contributed by atoms with Gasteiger partial charge in [0.25, 0.3) is 0 Å². The van der Waals surface area contributed by atoms with Gasteiger partial charge in [-0.1, -0.05) is 17.7 Å². The number of aromatic nitrogens is 1. The SMILES string of the molecule is CCOC(=O)C(C)c1cnc(Cl)c2cc(OC)ccc12. The fourth-order valence-electron chi connectivity index (χ4n) is 2.08. The summed E-state index contributed by atoms with van der Waals surface area (Å²) in [6.45, 7) is 3.94. The fourth-order valence-corrected chi connectivity index (χ4v) is 2.28. The maximum atomic E-state index is 11.9. The smallest absolute Gasteiger partial charge is 0.313 e. The lowest BCUT2D eigenvalue weighted by atomic mass is 9.97. The Labute approximate surface area is 122 Å². The highest BCUT2D eigenvalue weighted by Crippen LogP contribution is 2.32. The summed E-state index contributed by atoms with van der Waals surface area (Å²) in [5.74, 6) is 0.0338. The quantitative estimate of drug-likeness (QED) is 0.639. The summed E-state index contributed by atoms with van der Waals surface area (Å²) >= 11 is 6.12. The van der Waals surface area contributed by atoms with Crippen molar-refractivity contribution in [2.24, 2.45) is 0 Å². The zero-order chi connectivity index (χ0) is 14.7. The first-order valence-electron chi connectivity index (χ1n) is 6.37. The Kier molecular flexibility index (Phi) is 4.45. The Morgan fingerprint density at radius 3 is 2.80 bits per heavy atom. The van der Waals surface area contributed by atoms with Crippen LogP contribution in [0, 0.1) is 0 Å². The van der Waals surface area contributed by atoms with Gasteiger partial charge < -0.3 is 9.47 Å². The van der Waals surface area contributed by atoms with Crippen LogP contribution in [0.15, 0.2) is 24.4 Å². The van der Waals surface area contributed by atoms with Crippen LogP contribution in [0.3, 0.4) is 0 Å². The van der Waals surface area contributed by atoms with E-state index in [4.69, 9.17) is 21.1 Å². The summed E-state index contributed by atoms with van der Waals surface area (Å²) in [5.41, 5.74) is 0.797. The van der Waals surface area contributed by atoms with E-state index >= 15 is 0 Å². The molecule has 4 nitrogen and oxygen atoms in total. The van der Waals surface area contributed by atoms with Crippen LogP contribution < -0.4 is 4.74 Å².